The molecule has 0 aliphatic rings. The Kier molecular flexibility index (Phi) is 8.90. The van der Waals surface area contributed by atoms with E-state index in [1.807, 2.05) is 25.1 Å². The molecule has 0 aromatic heterocycles. The van der Waals surface area contributed by atoms with Crippen molar-refractivity contribution < 1.29 is 9.53 Å². The first-order chi connectivity index (χ1) is 10.7. The molecule has 0 unspecified atom stereocenters. The number of carbonyl (C=O) groups excluding carboxylic acids is 1. The van der Waals surface area contributed by atoms with E-state index >= 15 is 0 Å². The van der Waals surface area contributed by atoms with Gasteiger partial charge in [0.2, 0.25) is 0 Å². The van der Waals surface area contributed by atoms with Crippen LogP contribution in [0.25, 0.3) is 0 Å². The summed E-state index contributed by atoms with van der Waals surface area (Å²) in [5, 5.41) is 6.48. The van der Waals surface area contributed by atoms with Gasteiger partial charge in [0.05, 0.1) is 6.54 Å². The number of primary amides is 1. The Balaban J connectivity index is 2.60. The van der Waals surface area contributed by atoms with Crippen molar-refractivity contribution in [3.05, 3.63) is 29.8 Å². The molecule has 0 bridgehead atoms. The minimum absolute atomic E-state index is 0.119. The van der Waals surface area contributed by atoms with Gasteiger partial charge in [-0.3, -0.25) is 4.79 Å². The van der Waals surface area contributed by atoms with E-state index in [0.29, 0.717) is 12.3 Å². The normalized spacial score (nSPS) is 11.1. The summed E-state index contributed by atoms with van der Waals surface area (Å²) in [6.07, 6.45) is 2.07. The maximum atomic E-state index is 10.7. The highest BCUT2D eigenvalue weighted by atomic mass is 32.2. The van der Waals surface area contributed by atoms with E-state index in [1.54, 1.807) is 17.8 Å². The monoisotopic (exact) mass is 324 g/mol. The van der Waals surface area contributed by atoms with Crippen LogP contribution in [0.15, 0.2) is 29.3 Å². The van der Waals surface area contributed by atoms with Crippen LogP contribution in [-0.2, 0) is 11.3 Å². The molecule has 0 fully saturated rings. The molecule has 4 N–H and O–H groups in total. The zero-order chi connectivity index (χ0) is 16.2. The number of thioether (sulfide) groups is 1. The molecule has 0 aliphatic carbocycles. The molecule has 122 valence electrons. The maximum Gasteiger partial charge on any atom is 0.255 e. The second-order valence-electron chi connectivity index (χ2n) is 4.52. The van der Waals surface area contributed by atoms with Gasteiger partial charge in [0.1, 0.15) is 5.75 Å². The number of carbonyl (C=O) groups is 1. The Hall–Kier alpha value is -1.89. The molecule has 0 spiro atoms. The first-order valence-corrected chi connectivity index (χ1v) is 8.56. The fourth-order valence-corrected chi connectivity index (χ4v) is 1.98. The molecule has 0 aliphatic heterocycles. The van der Waals surface area contributed by atoms with Crippen LogP contribution in [-0.4, -0.2) is 43.6 Å². The lowest BCUT2D eigenvalue weighted by molar-refractivity contribution is -0.119. The van der Waals surface area contributed by atoms with Gasteiger partial charge in [-0.15, -0.1) is 0 Å². The first kappa shape index (κ1) is 18.2. The number of rotatable bonds is 9. The summed E-state index contributed by atoms with van der Waals surface area (Å²) in [6.45, 7) is 4.12. The smallest absolute Gasteiger partial charge is 0.255 e. The van der Waals surface area contributed by atoms with E-state index in [-0.39, 0.29) is 6.61 Å². The lowest BCUT2D eigenvalue weighted by Gasteiger charge is -2.11. The number of amides is 1. The fraction of sp³-hybridized carbons (Fsp3) is 0.467. The summed E-state index contributed by atoms with van der Waals surface area (Å²) in [4.78, 5) is 15.3. The summed E-state index contributed by atoms with van der Waals surface area (Å²) < 4.78 is 5.28. The van der Waals surface area contributed by atoms with Gasteiger partial charge in [0.25, 0.3) is 5.91 Å². The van der Waals surface area contributed by atoms with Crippen molar-refractivity contribution in [2.75, 3.05) is 31.7 Å². The van der Waals surface area contributed by atoms with Crippen LogP contribution >= 0.6 is 11.8 Å². The van der Waals surface area contributed by atoms with Gasteiger partial charge >= 0.3 is 0 Å². The van der Waals surface area contributed by atoms with E-state index in [0.717, 1.165) is 30.4 Å². The molecule has 7 heteroatoms. The number of hydrogen-bond donors (Lipinski definition) is 3. The van der Waals surface area contributed by atoms with Crippen molar-refractivity contribution in [3.63, 3.8) is 0 Å². The highest BCUT2D eigenvalue weighted by Gasteiger charge is 2.00. The van der Waals surface area contributed by atoms with Crippen LogP contribution in [0.2, 0.25) is 0 Å². The molecule has 1 aromatic rings. The van der Waals surface area contributed by atoms with Crippen LogP contribution in [0.3, 0.4) is 0 Å². The average molecular weight is 324 g/mol. The zero-order valence-corrected chi connectivity index (χ0v) is 13.9. The Bertz CT molecular complexity index is 494. The third-order valence-corrected chi connectivity index (χ3v) is 3.25. The van der Waals surface area contributed by atoms with Crippen LogP contribution in [0.4, 0.5) is 0 Å². The molecule has 22 heavy (non-hydrogen) atoms. The maximum absolute atomic E-state index is 10.7. The second kappa shape index (κ2) is 10.8. The number of nitrogens with zero attached hydrogens (tertiary/aromatic N) is 1. The average Bonchev–Trinajstić information content (AvgIpc) is 2.51. The van der Waals surface area contributed by atoms with Gasteiger partial charge < -0.3 is 21.1 Å². The Morgan fingerprint density at radius 2 is 2.23 bits per heavy atom. The largest absolute Gasteiger partial charge is 0.484 e. The van der Waals surface area contributed by atoms with E-state index < -0.39 is 5.91 Å². The van der Waals surface area contributed by atoms with Crippen LogP contribution in [0.5, 0.6) is 5.75 Å². The lowest BCUT2D eigenvalue weighted by atomic mass is 10.2. The molecular formula is C15H24N4O2S. The lowest BCUT2D eigenvalue weighted by Crippen LogP contribution is -2.38. The Morgan fingerprint density at radius 3 is 2.91 bits per heavy atom. The first-order valence-electron chi connectivity index (χ1n) is 7.17. The van der Waals surface area contributed by atoms with Crippen molar-refractivity contribution in [2.24, 2.45) is 10.7 Å². The van der Waals surface area contributed by atoms with Crippen molar-refractivity contribution in [1.82, 2.24) is 10.6 Å². The summed E-state index contributed by atoms with van der Waals surface area (Å²) in [7, 11) is 0. The highest BCUT2D eigenvalue weighted by molar-refractivity contribution is 7.98. The number of ether oxygens (including phenoxy) is 1. The standard InChI is InChI=1S/C15H24N4O2S/c1-3-17-15(18-7-8-22-2)19-10-12-5-4-6-13(9-12)21-11-14(16)20/h4-6,9H,3,7-8,10-11H2,1-2H3,(H2,16,20)(H2,17,18,19). The number of hydrogen-bond acceptors (Lipinski definition) is 4. The minimum Gasteiger partial charge on any atom is -0.484 e. The zero-order valence-electron chi connectivity index (χ0n) is 13.1. The van der Waals surface area contributed by atoms with Gasteiger partial charge in [-0.1, -0.05) is 12.1 Å². The number of benzene rings is 1. The van der Waals surface area contributed by atoms with E-state index in [2.05, 4.69) is 21.9 Å². The number of aliphatic imine (C=N–C) groups is 1. The van der Waals surface area contributed by atoms with E-state index in [4.69, 9.17) is 10.5 Å². The third kappa shape index (κ3) is 7.78. The molecule has 1 aromatic carbocycles. The van der Waals surface area contributed by atoms with Crippen LogP contribution < -0.4 is 21.1 Å². The molecule has 0 saturated heterocycles. The van der Waals surface area contributed by atoms with Crippen LogP contribution in [0, 0.1) is 0 Å². The Morgan fingerprint density at radius 1 is 1.41 bits per heavy atom. The number of nitrogens with two attached hydrogens (primary N) is 1. The van der Waals surface area contributed by atoms with Crippen molar-refractivity contribution in [3.8, 4) is 5.75 Å². The topological polar surface area (TPSA) is 88.7 Å². The highest BCUT2D eigenvalue weighted by Crippen LogP contribution is 2.13. The molecule has 0 saturated carbocycles. The van der Waals surface area contributed by atoms with Gasteiger partial charge in [0.15, 0.2) is 12.6 Å². The van der Waals surface area contributed by atoms with Gasteiger partial charge in [-0.05, 0) is 30.9 Å². The molecule has 1 amide bonds. The van der Waals surface area contributed by atoms with E-state index in [9.17, 15) is 4.79 Å². The number of guanidine groups is 1. The number of nitrogens with one attached hydrogen (secondary N) is 2. The van der Waals surface area contributed by atoms with Gasteiger partial charge in [-0.25, -0.2) is 4.99 Å². The summed E-state index contributed by atoms with van der Waals surface area (Å²) >= 11 is 1.79. The van der Waals surface area contributed by atoms with Crippen molar-refractivity contribution in [1.29, 1.82) is 0 Å². The second-order valence-corrected chi connectivity index (χ2v) is 5.50. The van der Waals surface area contributed by atoms with E-state index in [1.165, 1.54) is 0 Å². The Labute approximate surface area is 135 Å². The van der Waals surface area contributed by atoms with Crippen molar-refractivity contribution in [2.45, 2.75) is 13.5 Å². The third-order valence-electron chi connectivity index (χ3n) is 2.64. The summed E-state index contributed by atoms with van der Waals surface area (Å²) in [5.41, 5.74) is 6.07. The molecule has 1 rings (SSSR count). The quantitative estimate of drug-likeness (QED) is 0.358. The van der Waals surface area contributed by atoms with Gasteiger partial charge in [0, 0.05) is 18.8 Å². The predicted molar refractivity (Wildman–Crippen MR) is 92.3 cm³/mol. The summed E-state index contributed by atoms with van der Waals surface area (Å²) in [5.74, 6) is 1.95. The molecule has 0 heterocycles. The molecule has 0 radical (unpaired) electrons. The van der Waals surface area contributed by atoms with Crippen LogP contribution in [0.1, 0.15) is 12.5 Å². The predicted octanol–water partition coefficient (Wildman–Crippen LogP) is 0.969. The van der Waals surface area contributed by atoms with Gasteiger partial charge in [-0.2, -0.15) is 11.8 Å². The molecule has 6 nitrogen and oxygen atoms in total. The molecular weight excluding hydrogens is 300 g/mol. The molecule has 0 atom stereocenters. The minimum atomic E-state index is -0.490. The SMILES string of the molecule is CCNC(=NCc1cccc(OCC(N)=O)c1)NCCSC. The fourth-order valence-electron chi connectivity index (χ4n) is 1.67. The summed E-state index contributed by atoms with van der Waals surface area (Å²) in [6, 6.07) is 7.48. The van der Waals surface area contributed by atoms with Crippen molar-refractivity contribution >= 4 is 23.6 Å².